The summed E-state index contributed by atoms with van der Waals surface area (Å²) in [6.45, 7) is 5.23. The van der Waals surface area contributed by atoms with Gasteiger partial charge in [0.2, 0.25) is 0 Å². The molecular weight excluding hydrogens is 393 g/mol. The number of rotatable bonds is 4. The third-order valence-electron chi connectivity index (χ3n) is 2.62. The molecule has 1 heterocycles. The molecule has 0 aliphatic heterocycles. The third-order valence-corrected chi connectivity index (χ3v) is 3.79. The summed E-state index contributed by atoms with van der Waals surface area (Å²) in [6, 6.07) is 5.77. The van der Waals surface area contributed by atoms with Gasteiger partial charge in [-0.25, -0.2) is 0 Å². The van der Waals surface area contributed by atoms with Gasteiger partial charge in [-0.05, 0) is 24.1 Å². The molecular formula is C13H14Br2ClN3. The van der Waals surface area contributed by atoms with E-state index in [4.69, 9.17) is 11.6 Å². The second kappa shape index (κ2) is 6.37. The highest BCUT2D eigenvalue weighted by atomic mass is 79.9. The van der Waals surface area contributed by atoms with Crippen molar-refractivity contribution in [3.05, 3.63) is 33.5 Å². The van der Waals surface area contributed by atoms with Crippen molar-refractivity contribution in [2.75, 3.05) is 0 Å². The number of aromatic nitrogens is 3. The van der Waals surface area contributed by atoms with Crippen molar-refractivity contribution in [3.8, 4) is 11.4 Å². The predicted octanol–water partition coefficient (Wildman–Crippen LogP) is 4.91. The summed E-state index contributed by atoms with van der Waals surface area (Å²) in [5, 5.41) is 9.90. The van der Waals surface area contributed by atoms with Crippen LogP contribution in [-0.2, 0) is 11.9 Å². The zero-order valence-corrected chi connectivity index (χ0v) is 14.6. The maximum Gasteiger partial charge on any atom is 0.164 e. The Morgan fingerprint density at radius 1 is 1.26 bits per heavy atom. The molecule has 6 heteroatoms. The highest BCUT2D eigenvalue weighted by Gasteiger charge is 2.14. The Kier molecular flexibility index (Phi) is 5.03. The lowest BCUT2D eigenvalue weighted by Crippen LogP contribution is -2.09. The van der Waals surface area contributed by atoms with Gasteiger partial charge in [0.15, 0.2) is 5.82 Å². The Morgan fingerprint density at radius 2 is 2.00 bits per heavy atom. The molecule has 0 saturated heterocycles. The van der Waals surface area contributed by atoms with Crippen molar-refractivity contribution < 1.29 is 0 Å². The molecule has 19 heavy (non-hydrogen) atoms. The largest absolute Gasteiger partial charge is 0.310 e. The molecule has 0 unspecified atom stereocenters. The topological polar surface area (TPSA) is 30.7 Å². The van der Waals surface area contributed by atoms with E-state index in [1.807, 2.05) is 18.2 Å². The summed E-state index contributed by atoms with van der Waals surface area (Å²) in [5.41, 5.74) is 0.972. The van der Waals surface area contributed by atoms with Crippen LogP contribution in [0.25, 0.3) is 11.4 Å². The minimum Gasteiger partial charge on any atom is -0.310 e. The van der Waals surface area contributed by atoms with Gasteiger partial charge in [-0.15, -0.1) is 10.2 Å². The number of hydrogen-bond donors (Lipinski definition) is 0. The first-order valence-electron chi connectivity index (χ1n) is 5.95. The maximum absolute atomic E-state index is 6.10. The molecule has 0 N–H and O–H groups in total. The van der Waals surface area contributed by atoms with Crippen LogP contribution in [-0.4, -0.2) is 14.8 Å². The molecule has 0 aliphatic carbocycles. The zero-order valence-electron chi connectivity index (χ0n) is 10.7. The first kappa shape index (κ1) is 15.0. The minimum atomic E-state index is 0.523. The standard InChI is InChI=1S/C13H14Br2ClN3/c1-8(2)7-19-12(6-14)17-18-13(19)9-3-10(15)5-11(16)4-9/h3-5,8H,6-7H2,1-2H3. The Hall–Kier alpha value is -0.390. The van der Waals surface area contributed by atoms with Crippen molar-refractivity contribution in [1.29, 1.82) is 0 Å². The summed E-state index contributed by atoms with van der Waals surface area (Å²) in [7, 11) is 0. The molecule has 102 valence electrons. The lowest BCUT2D eigenvalue weighted by atomic mass is 10.2. The Balaban J connectivity index is 2.51. The molecule has 2 rings (SSSR count). The average molecular weight is 408 g/mol. The van der Waals surface area contributed by atoms with Gasteiger partial charge in [-0.3, -0.25) is 0 Å². The van der Waals surface area contributed by atoms with Gasteiger partial charge in [0.05, 0.1) is 5.33 Å². The summed E-state index contributed by atoms with van der Waals surface area (Å²) in [4.78, 5) is 0. The Labute approximate surface area is 134 Å². The predicted molar refractivity (Wildman–Crippen MR) is 85.6 cm³/mol. The molecule has 3 nitrogen and oxygen atoms in total. The van der Waals surface area contributed by atoms with Crippen molar-refractivity contribution >= 4 is 43.5 Å². The van der Waals surface area contributed by atoms with E-state index in [0.717, 1.165) is 28.2 Å². The lowest BCUT2D eigenvalue weighted by Gasteiger charge is -2.12. The van der Waals surface area contributed by atoms with Gasteiger partial charge in [0, 0.05) is 21.6 Å². The molecule has 0 atom stereocenters. The normalized spacial score (nSPS) is 11.3. The summed E-state index contributed by atoms with van der Waals surface area (Å²) in [5.74, 6) is 2.31. The molecule has 0 saturated carbocycles. The molecule has 1 aromatic heterocycles. The number of nitrogens with zero attached hydrogens (tertiary/aromatic N) is 3. The van der Waals surface area contributed by atoms with Gasteiger partial charge in [-0.2, -0.15) is 0 Å². The van der Waals surface area contributed by atoms with E-state index in [0.29, 0.717) is 16.3 Å². The summed E-state index contributed by atoms with van der Waals surface area (Å²) in [6.07, 6.45) is 0. The van der Waals surface area contributed by atoms with Crippen LogP contribution < -0.4 is 0 Å². The van der Waals surface area contributed by atoms with Crippen LogP contribution in [0, 0.1) is 5.92 Å². The third kappa shape index (κ3) is 3.58. The number of halogens is 3. The van der Waals surface area contributed by atoms with Crippen molar-refractivity contribution in [2.24, 2.45) is 5.92 Å². The van der Waals surface area contributed by atoms with Crippen molar-refractivity contribution in [1.82, 2.24) is 14.8 Å². The second-order valence-corrected chi connectivity index (χ2v) is 6.65. The Bertz CT molecular complexity index is 561. The molecule has 0 aliphatic rings. The van der Waals surface area contributed by atoms with E-state index < -0.39 is 0 Å². The van der Waals surface area contributed by atoms with Crippen LogP contribution in [0.5, 0.6) is 0 Å². The summed E-state index contributed by atoms with van der Waals surface area (Å²) < 4.78 is 3.08. The van der Waals surface area contributed by atoms with Gasteiger partial charge in [-0.1, -0.05) is 57.3 Å². The van der Waals surface area contributed by atoms with Crippen LogP contribution in [0.1, 0.15) is 19.7 Å². The highest BCUT2D eigenvalue weighted by molar-refractivity contribution is 9.10. The Morgan fingerprint density at radius 3 is 2.58 bits per heavy atom. The maximum atomic E-state index is 6.10. The van der Waals surface area contributed by atoms with Gasteiger partial charge in [0.25, 0.3) is 0 Å². The first-order valence-corrected chi connectivity index (χ1v) is 8.25. The van der Waals surface area contributed by atoms with Crippen LogP contribution >= 0.6 is 43.5 Å². The monoisotopic (exact) mass is 405 g/mol. The van der Waals surface area contributed by atoms with Crippen LogP contribution in [0.2, 0.25) is 5.02 Å². The molecule has 0 radical (unpaired) electrons. The molecule has 1 aromatic carbocycles. The van der Waals surface area contributed by atoms with E-state index in [9.17, 15) is 0 Å². The molecule has 0 fully saturated rings. The van der Waals surface area contributed by atoms with Crippen molar-refractivity contribution in [2.45, 2.75) is 25.7 Å². The van der Waals surface area contributed by atoms with E-state index in [1.165, 1.54) is 0 Å². The van der Waals surface area contributed by atoms with E-state index in [-0.39, 0.29) is 0 Å². The minimum absolute atomic E-state index is 0.523. The fourth-order valence-electron chi connectivity index (χ4n) is 1.89. The quantitative estimate of drug-likeness (QED) is 0.674. The van der Waals surface area contributed by atoms with Gasteiger partial charge in [0.1, 0.15) is 5.82 Å². The molecule has 0 amide bonds. The number of hydrogen-bond acceptors (Lipinski definition) is 2. The van der Waals surface area contributed by atoms with Gasteiger partial charge >= 0.3 is 0 Å². The summed E-state index contributed by atoms with van der Waals surface area (Å²) >= 11 is 13.0. The van der Waals surface area contributed by atoms with E-state index >= 15 is 0 Å². The highest BCUT2D eigenvalue weighted by Crippen LogP contribution is 2.27. The van der Waals surface area contributed by atoms with E-state index in [2.05, 4.69) is 60.5 Å². The molecule has 0 bridgehead atoms. The van der Waals surface area contributed by atoms with Crippen LogP contribution in [0.15, 0.2) is 22.7 Å². The van der Waals surface area contributed by atoms with Crippen molar-refractivity contribution in [3.63, 3.8) is 0 Å². The lowest BCUT2D eigenvalue weighted by molar-refractivity contribution is 0.516. The van der Waals surface area contributed by atoms with Gasteiger partial charge < -0.3 is 4.57 Å². The average Bonchev–Trinajstić information content (AvgIpc) is 2.69. The smallest absolute Gasteiger partial charge is 0.164 e. The van der Waals surface area contributed by atoms with Crippen LogP contribution in [0.4, 0.5) is 0 Å². The first-order chi connectivity index (χ1) is 9.01. The van der Waals surface area contributed by atoms with Crippen LogP contribution in [0.3, 0.4) is 0 Å². The van der Waals surface area contributed by atoms with E-state index in [1.54, 1.807) is 0 Å². The fourth-order valence-corrected chi connectivity index (χ4v) is 3.16. The number of benzene rings is 1. The second-order valence-electron chi connectivity index (χ2n) is 4.74. The molecule has 2 aromatic rings. The molecule has 0 spiro atoms. The zero-order chi connectivity index (χ0) is 14.0. The number of alkyl halides is 1. The fraction of sp³-hybridized carbons (Fsp3) is 0.385. The SMILES string of the molecule is CC(C)Cn1c(CBr)nnc1-c1cc(Cl)cc(Br)c1.